The molecule has 1 heterocycles. The molecule has 0 aliphatic heterocycles. The molecule has 2 aromatic rings. The second-order valence-corrected chi connectivity index (χ2v) is 5.74. The smallest absolute Gasteiger partial charge is 0.348 e. The van der Waals surface area contributed by atoms with Crippen molar-refractivity contribution in [3.05, 3.63) is 52.5 Å². The molecule has 2 rings (SSSR count). The quantitative estimate of drug-likeness (QED) is 0.827. The van der Waals surface area contributed by atoms with Gasteiger partial charge in [-0.3, -0.25) is 4.98 Å². The molecular weight excluding hydrogens is 349 g/mol. The van der Waals surface area contributed by atoms with E-state index in [1.165, 1.54) is 16.7 Å². The van der Waals surface area contributed by atoms with Crippen LogP contribution in [0.5, 0.6) is 0 Å². The number of hydrogen-bond donors (Lipinski definition) is 1. The molecular formula is C17H23N4Y+2. The summed E-state index contributed by atoms with van der Waals surface area (Å²) >= 11 is 0. The van der Waals surface area contributed by atoms with Crippen molar-refractivity contribution in [2.45, 2.75) is 47.6 Å². The maximum absolute atomic E-state index is 4.47. The minimum Gasteiger partial charge on any atom is -0.348 e. The normalized spacial score (nSPS) is 11.5. The summed E-state index contributed by atoms with van der Waals surface area (Å²) in [5.74, 6) is 3.19. The zero-order chi connectivity index (χ0) is 15.6. The number of nitrogens with one attached hydrogen (secondary N) is 1. The van der Waals surface area contributed by atoms with Crippen LogP contribution in [0, 0.1) is 26.7 Å². The standard InChI is InChI=1S/C17H23N4.Y/c1-10(2)16-19-14(6)20-17(21-16)18-13(5)15-8-7-11(3)12(4)9-15;/h7-9,13H,1-6H3,(H,18,19,20,21);/q-1;+3. The summed E-state index contributed by atoms with van der Waals surface area (Å²) in [7, 11) is 0. The number of aromatic nitrogens is 3. The molecule has 0 saturated heterocycles. The average Bonchev–Trinajstić information content (AvgIpc) is 2.41. The van der Waals surface area contributed by atoms with Gasteiger partial charge in [-0.05, 0) is 44.4 Å². The van der Waals surface area contributed by atoms with Crippen molar-refractivity contribution in [3.63, 3.8) is 0 Å². The fourth-order valence-corrected chi connectivity index (χ4v) is 2.08. The van der Waals surface area contributed by atoms with Crippen LogP contribution in [0.4, 0.5) is 5.95 Å². The topological polar surface area (TPSA) is 50.7 Å². The number of benzene rings is 1. The number of aryl methyl sites for hydroxylation is 3. The van der Waals surface area contributed by atoms with E-state index in [4.69, 9.17) is 0 Å². The Hall–Kier alpha value is -0.996. The second-order valence-electron chi connectivity index (χ2n) is 5.74. The van der Waals surface area contributed by atoms with Crippen molar-refractivity contribution in [1.29, 1.82) is 0 Å². The van der Waals surface area contributed by atoms with Gasteiger partial charge in [0.1, 0.15) is 5.82 Å². The fraction of sp³-hybridized carbons (Fsp3) is 0.412. The third-order valence-electron chi connectivity index (χ3n) is 3.57. The molecule has 0 aliphatic rings. The molecule has 1 aromatic heterocycles. The van der Waals surface area contributed by atoms with Crippen LogP contribution in [0.2, 0.25) is 0 Å². The summed E-state index contributed by atoms with van der Waals surface area (Å²) in [6.45, 7) is 12.3. The molecule has 0 spiro atoms. The minimum absolute atomic E-state index is 0. The van der Waals surface area contributed by atoms with E-state index in [0.29, 0.717) is 5.95 Å². The van der Waals surface area contributed by atoms with E-state index >= 15 is 0 Å². The Labute approximate surface area is 158 Å². The van der Waals surface area contributed by atoms with Crippen LogP contribution in [0.3, 0.4) is 0 Å². The van der Waals surface area contributed by atoms with E-state index in [1.54, 1.807) is 0 Å². The molecule has 0 fully saturated rings. The van der Waals surface area contributed by atoms with E-state index in [9.17, 15) is 0 Å². The third-order valence-corrected chi connectivity index (χ3v) is 3.57. The van der Waals surface area contributed by atoms with E-state index < -0.39 is 0 Å². The summed E-state index contributed by atoms with van der Waals surface area (Å²) in [6, 6.07) is 6.65. The Bertz CT molecular complexity index is 641. The van der Waals surface area contributed by atoms with Crippen molar-refractivity contribution in [2.24, 2.45) is 0 Å². The van der Waals surface area contributed by atoms with Crippen molar-refractivity contribution in [3.8, 4) is 0 Å². The summed E-state index contributed by atoms with van der Waals surface area (Å²) in [5, 5.41) is 3.37. The van der Waals surface area contributed by atoms with E-state index in [2.05, 4.69) is 59.2 Å². The van der Waals surface area contributed by atoms with Gasteiger partial charge in [-0.25, -0.2) is 4.98 Å². The molecule has 1 aromatic carbocycles. The van der Waals surface area contributed by atoms with Crippen LogP contribution in [-0.4, -0.2) is 15.0 Å². The molecule has 0 amide bonds. The van der Waals surface area contributed by atoms with Crippen LogP contribution in [0.25, 0.3) is 0 Å². The first-order valence-corrected chi connectivity index (χ1v) is 7.23. The predicted octanol–water partition coefficient (Wildman–Crippen LogP) is 3.93. The number of hydrogen-bond acceptors (Lipinski definition) is 4. The minimum atomic E-state index is 0. The van der Waals surface area contributed by atoms with E-state index in [1.807, 2.05) is 20.8 Å². The Morgan fingerprint density at radius 3 is 2.27 bits per heavy atom. The van der Waals surface area contributed by atoms with E-state index in [0.717, 1.165) is 17.6 Å². The number of anilines is 1. The van der Waals surface area contributed by atoms with Gasteiger partial charge in [0.25, 0.3) is 0 Å². The first-order valence-electron chi connectivity index (χ1n) is 7.23. The average molecular weight is 372 g/mol. The number of rotatable bonds is 4. The predicted molar refractivity (Wildman–Crippen MR) is 86.2 cm³/mol. The maximum atomic E-state index is 4.47. The van der Waals surface area contributed by atoms with Crippen molar-refractivity contribution in [1.82, 2.24) is 15.0 Å². The first kappa shape index (κ1) is 19.1. The van der Waals surface area contributed by atoms with Crippen LogP contribution in [0.15, 0.2) is 18.2 Å². The maximum Gasteiger partial charge on any atom is 3.00 e. The molecule has 5 heteroatoms. The molecule has 0 aliphatic carbocycles. The Balaban J connectivity index is 0.00000242. The van der Waals surface area contributed by atoms with Crippen molar-refractivity contribution < 1.29 is 32.7 Å². The molecule has 1 atom stereocenters. The van der Waals surface area contributed by atoms with Gasteiger partial charge in [-0.15, -0.1) is 0 Å². The monoisotopic (exact) mass is 372 g/mol. The van der Waals surface area contributed by atoms with Crippen molar-refractivity contribution in [2.75, 3.05) is 5.32 Å². The molecule has 22 heavy (non-hydrogen) atoms. The second kappa shape index (κ2) is 8.02. The van der Waals surface area contributed by atoms with Gasteiger partial charge in [0.05, 0.1) is 6.04 Å². The zero-order valence-corrected chi connectivity index (χ0v) is 17.1. The third kappa shape index (κ3) is 4.75. The van der Waals surface area contributed by atoms with Gasteiger partial charge < -0.3 is 11.2 Å². The Morgan fingerprint density at radius 1 is 1.00 bits per heavy atom. The van der Waals surface area contributed by atoms with Gasteiger partial charge >= 0.3 is 32.7 Å². The van der Waals surface area contributed by atoms with Gasteiger partial charge in [0.15, 0.2) is 0 Å². The van der Waals surface area contributed by atoms with Crippen molar-refractivity contribution >= 4 is 5.95 Å². The summed E-state index contributed by atoms with van der Waals surface area (Å²) < 4.78 is 0. The molecule has 4 nitrogen and oxygen atoms in total. The molecule has 0 saturated carbocycles. The molecule has 1 N–H and O–H groups in total. The summed E-state index contributed by atoms with van der Waals surface area (Å²) in [6.07, 6.45) is 0. The van der Waals surface area contributed by atoms with Crippen LogP contribution in [-0.2, 0) is 32.7 Å². The van der Waals surface area contributed by atoms with Crippen LogP contribution < -0.4 is 5.32 Å². The number of nitrogens with zero attached hydrogens (tertiary/aromatic N) is 3. The molecule has 0 radical (unpaired) electrons. The summed E-state index contributed by atoms with van der Waals surface area (Å²) in [5.41, 5.74) is 3.83. The van der Waals surface area contributed by atoms with Crippen LogP contribution >= 0.6 is 0 Å². The fourth-order valence-electron chi connectivity index (χ4n) is 2.08. The SMILES string of the molecule is Cc1nc(NC(C)c2ccc(C)c(C)c2)nc([C-](C)C)n1.[Y+3]. The Kier molecular flexibility index (Phi) is 6.95. The molecule has 1 unspecified atom stereocenters. The molecule has 0 bridgehead atoms. The van der Waals surface area contributed by atoms with Gasteiger partial charge in [-0.1, -0.05) is 18.2 Å². The molecule has 112 valence electrons. The zero-order valence-electron chi connectivity index (χ0n) is 14.2. The van der Waals surface area contributed by atoms with E-state index in [-0.39, 0.29) is 38.8 Å². The largest absolute Gasteiger partial charge is 3.00 e. The van der Waals surface area contributed by atoms with Gasteiger partial charge in [0, 0.05) is 5.82 Å². The van der Waals surface area contributed by atoms with Gasteiger partial charge in [0.2, 0.25) is 5.95 Å². The van der Waals surface area contributed by atoms with Gasteiger partial charge in [-0.2, -0.15) is 18.8 Å². The van der Waals surface area contributed by atoms with Crippen LogP contribution in [0.1, 0.15) is 55.2 Å². The first-order chi connectivity index (χ1) is 9.86. The Morgan fingerprint density at radius 2 is 1.68 bits per heavy atom. The summed E-state index contributed by atoms with van der Waals surface area (Å²) in [4.78, 5) is 13.2.